The predicted octanol–water partition coefficient (Wildman–Crippen LogP) is 4.36. The van der Waals surface area contributed by atoms with Gasteiger partial charge in [0, 0.05) is 24.5 Å². The van der Waals surface area contributed by atoms with E-state index in [1.54, 1.807) is 19.5 Å². The van der Waals surface area contributed by atoms with E-state index >= 15 is 0 Å². The molecule has 2 heterocycles. The number of pyridine rings is 1. The number of carbonyl (C=O) groups is 1. The fourth-order valence-electron chi connectivity index (χ4n) is 3.27. The number of thioether (sulfide) groups is 1. The lowest BCUT2D eigenvalue weighted by Crippen LogP contribution is -2.24. The molecule has 0 aliphatic carbocycles. The van der Waals surface area contributed by atoms with Crippen LogP contribution in [0.3, 0.4) is 0 Å². The van der Waals surface area contributed by atoms with Gasteiger partial charge in [-0.2, -0.15) is 0 Å². The Labute approximate surface area is 197 Å². The third kappa shape index (κ3) is 5.40. The van der Waals surface area contributed by atoms with E-state index in [2.05, 4.69) is 46.5 Å². The average Bonchev–Trinajstić information content (AvgIpc) is 3.28. The Morgan fingerprint density at radius 1 is 1.00 bits per heavy atom. The lowest BCUT2D eigenvalue weighted by molar-refractivity contribution is -0.118. The lowest BCUT2D eigenvalue weighted by Gasteiger charge is -2.12. The maximum absolute atomic E-state index is 12.5. The highest BCUT2D eigenvalue weighted by molar-refractivity contribution is 7.99. The molecule has 33 heavy (non-hydrogen) atoms. The van der Waals surface area contributed by atoms with Gasteiger partial charge in [-0.25, -0.2) is 0 Å². The molecule has 1 N–H and O–H groups in total. The van der Waals surface area contributed by atoms with Crippen LogP contribution in [0.5, 0.6) is 5.75 Å². The van der Waals surface area contributed by atoms with E-state index in [9.17, 15) is 4.79 Å². The van der Waals surface area contributed by atoms with E-state index in [4.69, 9.17) is 4.74 Å². The van der Waals surface area contributed by atoms with Crippen molar-refractivity contribution in [2.24, 2.45) is 0 Å². The minimum atomic E-state index is -0.0732. The highest BCUT2D eigenvalue weighted by Crippen LogP contribution is 2.28. The number of hydrogen-bond donors (Lipinski definition) is 1. The summed E-state index contributed by atoms with van der Waals surface area (Å²) in [5.41, 5.74) is 5.26. The van der Waals surface area contributed by atoms with Gasteiger partial charge in [-0.1, -0.05) is 30.0 Å². The summed E-state index contributed by atoms with van der Waals surface area (Å²) < 4.78 is 7.16. The maximum atomic E-state index is 12.5. The van der Waals surface area contributed by atoms with Gasteiger partial charge in [0.05, 0.1) is 18.6 Å². The normalized spacial score (nSPS) is 10.8. The molecule has 168 valence electrons. The van der Waals surface area contributed by atoms with Crippen LogP contribution >= 0.6 is 11.8 Å². The van der Waals surface area contributed by atoms with Gasteiger partial charge < -0.3 is 10.1 Å². The summed E-state index contributed by atoms with van der Waals surface area (Å²) in [5, 5.41) is 12.4. The van der Waals surface area contributed by atoms with Crippen LogP contribution in [0.2, 0.25) is 0 Å². The summed E-state index contributed by atoms with van der Waals surface area (Å²) in [6.07, 6.45) is 3.46. The number of hydrogen-bond acceptors (Lipinski definition) is 6. The van der Waals surface area contributed by atoms with Crippen LogP contribution in [-0.4, -0.2) is 38.5 Å². The third-order valence-corrected chi connectivity index (χ3v) is 6.23. The molecular formula is C25H25N5O2S. The second-order valence-electron chi connectivity index (χ2n) is 7.56. The molecule has 0 saturated carbocycles. The lowest BCUT2D eigenvalue weighted by atomic mass is 10.1. The Morgan fingerprint density at radius 2 is 1.76 bits per heavy atom. The zero-order valence-corrected chi connectivity index (χ0v) is 19.6. The van der Waals surface area contributed by atoms with Crippen molar-refractivity contribution in [3.8, 4) is 22.8 Å². The largest absolute Gasteiger partial charge is 0.497 e. The van der Waals surface area contributed by atoms with Crippen molar-refractivity contribution in [1.29, 1.82) is 0 Å². The number of aromatic nitrogens is 4. The first-order valence-electron chi connectivity index (χ1n) is 10.5. The SMILES string of the molecule is COc1ccc(CNC(=O)CSc2nnc(-c3ccncc3)n2-c2ccc(C)c(C)c2)cc1. The van der Waals surface area contributed by atoms with Gasteiger partial charge in [-0.3, -0.25) is 14.3 Å². The maximum Gasteiger partial charge on any atom is 0.230 e. The van der Waals surface area contributed by atoms with Crippen LogP contribution in [0.25, 0.3) is 17.1 Å². The fourth-order valence-corrected chi connectivity index (χ4v) is 4.06. The molecule has 2 aromatic heterocycles. The van der Waals surface area contributed by atoms with E-state index < -0.39 is 0 Å². The molecule has 1 amide bonds. The predicted molar refractivity (Wildman–Crippen MR) is 130 cm³/mol. The van der Waals surface area contributed by atoms with Gasteiger partial charge >= 0.3 is 0 Å². The van der Waals surface area contributed by atoms with Crippen molar-refractivity contribution >= 4 is 17.7 Å². The van der Waals surface area contributed by atoms with E-state index in [1.807, 2.05) is 47.0 Å². The number of rotatable bonds is 8. The quantitative estimate of drug-likeness (QED) is 0.394. The number of nitrogens with zero attached hydrogens (tertiary/aromatic N) is 4. The fraction of sp³-hybridized carbons (Fsp3) is 0.200. The van der Waals surface area contributed by atoms with Crippen LogP contribution in [0.15, 0.2) is 72.1 Å². The van der Waals surface area contributed by atoms with E-state index in [1.165, 1.54) is 22.9 Å². The summed E-state index contributed by atoms with van der Waals surface area (Å²) in [7, 11) is 1.63. The van der Waals surface area contributed by atoms with E-state index in [0.717, 1.165) is 22.6 Å². The molecule has 0 bridgehead atoms. The molecule has 8 heteroatoms. The van der Waals surface area contributed by atoms with E-state index in [-0.39, 0.29) is 11.7 Å². The molecule has 4 rings (SSSR count). The molecule has 0 atom stereocenters. The first-order valence-corrected chi connectivity index (χ1v) is 11.5. The Morgan fingerprint density at radius 3 is 2.45 bits per heavy atom. The van der Waals surface area contributed by atoms with Crippen molar-refractivity contribution in [1.82, 2.24) is 25.1 Å². The molecular weight excluding hydrogens is 434 g/mol. The van der Waals surface area contributed by atoms with Gasteiger partial charge in [-0.05, 0) is 66.9 Å². The Balaban J connectivity index is 1.51. The first kappa shape index (κ1) is 22.5. The van der Waals surface area contributed by atoms with Crippen molar-refractivity contribution < 1.29 is 9.53 Å². The van der Waals surface area contributed by atoms with E-state index in [0.29, 0.717) is 17.5 Å². The van der Waals surface area contributed by atoms with Gasteiger partial charge in [-0.15, -0.1) is 10.2 Å². The first-order chi connectivity index (χ1) is 16.0. The number of nitrogens with one attached hydrogen (secondary N) is 1. The van der Waals surface area contributed by atoms with Crippen LogP contribution in [0.1, 0.15) is 16.7 Å². The smallest absolute Gasteiger partial charge is 0.230 e. The number of benzene rings is 2. The second-order valence-corrected chi connectivity index (χ2v) is 8.50. The second kappa shape index (κ2) is 10.3. The molecule has 0 radical (unpaired) electrons. The molecule has 0 aliphatic rings. The van der Waals surface area contributed by atoms with Gasteiger partial charge in [0.2, 0.25) is 5.91 Å². The van der Waals surface area contributed by atoms with Crippen molar-refractivity contribution in [2.45, 2.75) is 25.5 Å². The van der Waals surface area contributed by atoms with Gasteiger partial charge in [0.1, 0.15) is 5.75 Å². The third-order valence-electron chi connectivity index (χ3n) is 5.30. The zero-order valence-electron chi connectivity index (χ0n) is 18.8. The van der Waals surface area contributed by atoms with Crippen molar-refractivity contribution in [3.63, 3.8) is 0 Å². The van der Waals surface area contributed by atoms with Crippen LogP contribution in [0.4, 0.5) is 0 Å². The molecule has 0 spiro atoms. The molecule has 2 aromatic carbocycles. The molecule has 0 saturated heterocycles. The van der Waals surface area contributed by atoms with Gasteiger partial charge in [0.15, 0.2) is 11.0 Å². The molecule has 0 aliphatic heterocycles. The summed E-state index contributed by atoms with van der Waals surface area (Å²) in [6, 6.07) is 17.7. The standard InChI is InChI=1S/C25H25N5O2S/c1-17-4-7-21(14-18(17)2)30-24(20-10-12-26-13-11-20)28-29-25(30)33-16-23(31)27-15-19-5-8-22(32-3)9-6-19/h4-14H,15-16H2,1-3H3,(H,27,31). The summed E-state index contributed by atoms with van der Waals surface area (Å²) in [4.78, 5) is 16.6. The minimum absolute atomic E-state index is 0.0732. The minimum Gasteiger partial charge on any atom is -0.497 e. The number of aryl methyl sites for hydroxylation is 2. The monoisotopic (exact) mass is 459 g/mol. The molecule has 7 nitrogen and oxygen atoms in total. The van der Waals surface area contributed by atoms with Crippen LogP contribution < -0.4 is 10.1 Å². The number of ether oxygens (including phenoxy) is 1. The zero-order chi connectivity index (χ0) is 23.2. The number of carbonyl (C=O) groups excluding carboxylic acids is 1. The van der Waals surface area contributed by atoms with Crippen LogP contribution in [-0.2, 0) is 11.3 Å². The Hall–Kier alpha value is -3.65. The Kier molecular flexibility index (Phi) is 7.04. The topological polar surface area (TPSA) is 81.9 Å². The van der Waals surface area contributed by atoms with Gasteiger partial charge in [0.25, 0.3) is 0 Å². The Bertz CT molecular complexity index is 1240. The average molecular weight is 460 g/mol. The summed E-state index contributed by atoms with van der Waals surface area (Å²) >= 11 is 1.36. The molecule has 0 unspecified atom stereocenters. The summed E-state index contributed by atoms with van der Waals surface area (Å²) in [5.74, 6) is 1.66. The molecule has 0 fully saturated rings. The van der Waals surface area contributed by atoms with Crippen molar-refractivity contribution in [3.05, 3.63) is 83.7 Å². The summed E-state index contributed by atoms with van der Waals surface area (Å²) in [6.45, 7) is 4.61. The molecule has 4 aromatic rings. The number of methoxy groups -OCH3 is 1. The van der Waals surface area contributed by atoms with Crippen LogP contribution in [0, 0.1) is 13.8 Å². The highest BCUT2D eigenvalue weighted by Gasteiger charge is 2.17. The highest BCUT2D eigenvalue weighted by atomic mass is 32.2. The van der Waals surface area contributed by atoms with Crippen molar-refractivity contribution in [2.75, 3.05) is 12.9 Å². The number of amides is 1.